The summed E-state index contributed by atoms with van der Waals surface area (Å²) in [4.78, 5) is 13.0. The lowest BCUT2D eigenvalue weighted by Gasteiger charge is -1.94. The highest BCUT2D eigenvalue weighted by Crippen LogP contribution is 2.21. The zero-order chi connectivity index (χ0) is 12.5. The van der Waals surface area contributed by atoms with Gasteiger partial charge in [0.25, 0.3) is 0 Å². The molecule has 0 aromatic carbocycles. The van der Waals surface area contributed by atoms with Gasteiger partial charge >= 0.3 is 5.69 Å². The van der Waals surface area contributed by atoms with Crippen LogP contribution in [0.2, 0.25) is 4.34 Å². The van der Waals surface area contributed by atoms with E-state index >= 15 is 0 Å². The topological polar surface area (TPSA) is 52.7 Å². The minimum absolute atomic E-state index is 0.248. The molecular weight excluding hydrogens is 292 g/mol. The van der Waals surface area contributed by atoms with Gasteiger partial charge in [-0.05, 0) is 40.1 Å². The van der Waals surface area contributed by atoms with Crippen molar-refractivity contribution in [2.24, 2.45) is 0 Å². The molecule has 3 aromatic heterocycles. The van der Waals surface area contributed by atoms with Crippen molar-refractivity contribution in [2.75, 3.05) is 0 Å². The zero-order valence-corrected chi connectivity index (χ0v) is 11.4. The third kappa shape index (κ3) is 2.12. The molecule has 5 nitrogen and oxygen atoms in total. The van der Waals surface area contributed by atoms with Crippen LogP contribution in [0.3, 0.4) is 0 Å². The largest absolute Gasteiger partial charge is 0.369 e. The number of nitrogens with zero attached hydrogens (tertiary/aromatic N) is 4. The first kappa shape index (κ1) is 11.6. The Morgan fingerprint density at radius 2 is 2.17 bits per heavy atom. The molecule has 0 aliphatic heterocycles. The van der Waals surface area contributed by atoms with E-state index in [9.17, 15) is 4.79 Å². The summed E-state index contributed by atoms with van der Waals surface area (Å²) in [5, 5.41) is 10.4. The highest BCUT2D eigenvalue weighted by molar-refractivity contribution is 7.16. The molecular formula is C10H7ClN4OS2. The fourth-order valence-corrected chi connectivity index (χ4v) is 3.22. The molecule has 0 amide bonds. The maximum absolute atomic E-state index is 12.1. The van der Waals surface area contributed by atoms with Crippen LogP contribution in [0.1, 0.15) is 4.88 Å². The smallest absolute Gasteiger partial charge is 0.244 e. The number of hydrogen-bond acceptors (Lipinski definition) is 5. The fraction of sp³-hybridized carbons (Fsp3) is 0.100. The van der Waals surface area contributed by atoms with E-state index in [1.165, 1.54) is 32.0 Å². The summed E-state index contributed by atoms with van der Waals surface area (Å²) in [6.45, 7) is 0.390. The van der Waals surface area contributed by atoms with Crippen molar-refractivity contribution in [3.63, 3.8) is 0 Å². The summed E-state index contributed by atoms with van der Waals surface area (Å²) in [7, 11) is 0. The Balaban J connectivity index is 1.93. The number of aromatic nitrogens is 4. The van der Waals surface area contributed by atoms with Gasteiger partial charge in [-0.15, -0.1) is 22.7 Å². The first-order valence-corrected chi connectivity index (χ1v) is 7.12. The maximum atomic E-state index is 12.1. The van der Waals surface area contributed by atoms with Gasteiger partial charge in [0.2, 0.25) is 0 Å². The molecule has 3 aromatic rings. The quantitative estimate of drug-likeness (QED) is 0.745. The number of hydrogen-bond donors (Lipinski definition) is 0. The molecule has 0 bridgehead atoms. The molecule has 3 heterocycles. The standard InChI is InChI=1S/C10H7ClN4OS2/c11-8-4-3-7(18-8)6-14-10(16)15(13-12-14)9-2-1-5-17-9/h1-5H,6H2. The fourth-order valence-electron chi connectivity index (χ4n) is 1.49. The monoisotopic (exact) mass is 298 g/mol. The van der Waals surface area contributed by atoms with Crippen LogP contribution in [0.25, 0.3) is 5.00 Å². The second-order valence-electron chi connectivity index (χ2n) is 3.49. The Hall–Kier alpha value is -1.44. The van der Waals surface area contributed by atoms with Gasteiger partial charge in [0, 0.05) is 4.88 Å². The van der Waals surface area contributed by atoms with Gasteiger partial charge < -0.3 is 0 Å². The van der Waals surface area contributed by atoms with E-state index in [-0.39, 0.29) is 5.69 Å². The number of rotatable bonds is 3. The van der Waals surface area contributed by atoms with Crippen LogP contribution in [0, 0.1) is 0 Å². The second kappa shape index (κ2) is 4.68. The summed E-state index contributed by atoms with van der Waals surface area (Å²) in [5.41, 5.74) is -0.248. The second-order valence-corrected chi connectivity index (χ2v) is 6.21. The lowest BCUT2D eigenvalue weighted by molar-refractivity contribution is 0.638. The molecule has 92 valence electrons. The molecule has 0 aliphatic carbocycles. The van der Waals surface area contributed by atoms with Crippen LogP contribution < -0.4 is 5.69 Å². The molecule has 0 radical (unpaired) electrons. The SMILES string of the molecule is O=c1n(Cc2ccc(Cl)s2)nnn1-c1cccs1. The van der Waals surface area contributed by atoms with Crippen molar-refractivity contribution in [3.05, 3.63) is 49.3 Å². The lowest BCUT2D eigenvalue weighted by atomic mass is 10.5. The maximum Gasteiger partial charge on any atom is 0.369 e. The number of tetrazole rings is 1. The van der Waals surface area contributed by atoms with Gasteiger partial charge in [0.15, 0.2) is 0 Å². The Morgan fingerprint density at radius 1 is 1.28 bits per heavy atom. The van der Waals surface area contributed by atoms with E-state index in [0.29, 0.717) is 10.9 Å². The van der Waals surface area contributed by atoms with E-state index < -0.39 is 0 Å². The summed E-state index contributed by atoms with van der Waals surface area (Å²) in [6.07, 6.45) is 0. The van der Waals surface area contributed by atoms with Crippen molar-refractivity contribution >= 4 is 34.3 Å². The van der Waals surface area contributed by atoms with Crippen molar-refractivity contribution in [1.82, 2.24) is 19.8 Å². The average Bonchev–Trinajstić information content (AvgIpc) is 3.04. The van der Waals surface area contributed by atoms with Crippen LogP contribution in [-0.2, 0) is 6.54 Å². The van der Waals surface area contributed by atoms with Gasteiger partial charge in [-0.3, -0.25) is 0 Å². The summed E-state index contributed by atoms with van der Waals surface area (Å²) in [5.74, 6) is 0. The van der Waals surface area contributed by atoms with Crippen LogP contribution in [-0.4, -0.2) is 19.8 Å². The molecule has 0 saturated carbocycles. The van der Waals surface area contributed by atoms with Crippen molar-refractivity contribution in [1.29, 1.82) is 0 Å². The van der Waals surface area contributed by atoms with Gasteiger partial charge in [0.05, 0.1) is 10.9 Å². The highest BCUT2D eigenvalue weighted by Gasteiger charge is 2.10. The van der Waals surface area contributed by atoms with Crippen LogP contribution in [0.5, 0.6) is 0 Å². The molecule has 0 fully saturated rings. The molecule has 8 heteroatoms. The Kier molecular flexibility index (Phi) is 3.02. The molecule has 0 spiro atoms. The zero-order valence-electron chi connectivity index (χ0n) is 8.99. The van der Waals surface area contributed by atoms with Gasteiger partial charge in [-0.25, -0.2) is 4.79 Å². The predicted octanol–water partition coefficient (Wildman–Crippen LogP) is 2.25. The molecule has 0 unspecified atom stereocenters. The van der Waals surface area contributed by atoms with E-state index in [0.717, 1.165) is 9.88 Å². The van der Waals surface area contributed by atoms with E-state index in [2.05, 4.69) is 10.4 Å². The predicted molar refractivity (Wildman–Crippen MR) is 71.9 cm³/mol. The average molecular weight is 299 g/mol. The highest BCUT2D eigenvalue weighted by atomic mass is 35.5. The lowest BCUT2D eigenvalue weighted by Crippen LogP contribution is -2.23. The Bertz CT molecular complexity index is 712. The van der Waals surface area contributed by atoms with Gasteiger partial charge in [-0.2, -0.15) is 9.36 Å². The summed E-state index contributed by atoms with van der Waals surface area (Å²) < 4.78 is 3.31. The minimum Gasteiger partial charge on any atom is -0.244 e. The minimum atomic E-state index is -0.248. The van der Waals surface area contributed by atoms with E-state index in [1.54, 1.807) is 6.07 Å². The van der Waals surface area contributed by atoms with Crippen molar-refractivity contribution < 1.29 is 0 Å². The molecule has 3 rings (SSSR count). The summed E-state index contributed by atoms with van der Waals surface area (Å²) in [6, 6.07) is 7.37. The normalized spacial score (nSPS) is 10.9. The first-order chi connectivity index (χ1) is 8.74. The summed E-state index contributed by atoms with van der Waals surface area (Å²) >= 11 is 8.72. The van der Waals surface area contributed by atoms with Crippen LogP contribution >= 0.6 is 34.3 Å². The van der Waals surface area contributed by atoms with Gasteiger partial charge in [0.1, 0.15) is 5.00 Å². The van der Waals surface area contributed by atoms with Crippen molar-refractivity contribution in [3.8, 4) is 5.00 Å². The molecule has 18 heavy (non-hydrogen) atoms. The third-order valence-corrected chi connectivity index (χ3v) is 4.35. The Morgan fingerprint density at radius 3 is 2.83 bits per heavy atom. The Labute approximate surface area is 115 Å². The van der Waals surface area contributed by atoms with E-state index in [4.69, 9.17) is 11.6 Å². The van der Waals surface area contributed by atoms with Gasteiger partial charge in [-0.1, -0.05) is 11.6 Å². The van der Waals surface area contributed by atoms with Crippen molar-refractivity contribution in [2.45, 2.75) is 6.54 Å². The molecule has 0 N–H and O–H groups in total. The first-order valence-electron chi connectivity index (χ1n) is 5.05. The molecule has 0 saturated heterocycles. The molecule has 0 aliphatic rings. The number of thiophene rings is 2. The van der Waals surface area contributed by atoms with E-state index in [1.807, 2.05) is 23.6 Å². The number of halogens is 1. The third-order valence-electron chi connectivity index (χ3n) is 2.29. The molecule has 0 atom stereocenters. The van der Waals surface area contributed by atoms with Crippen LogP contribution in [0.4, 0.5) is 0 Å². The van der Waals surface area contributed by atoms with Crippen LogP contribution in [0.15, 0.2) is 34.4 Å².